The first-order valence-electron chi connectivity index (χ1n) is 6.47. The number of nitrogens with two attached hydrogens (primary N) is 1. The molecule has 0 fully saturated rings. The van der Waals surface area contributed by atoms with Crippen molar-refractivity contribution in [2.75, 3.05) is 20.3 Å². The fraction of sp³-hybridized carbons (Fsp3) is 0.500. The van der Waals surface area contributed by atoms with Crippen molar-refractivity contribution in [3.8, 4) is 11.5 Å². The van der Waals surface area contributed by atoms with Crippen LogP contribution in [-0.4, -0.2) is 26.3 Å². The van der Waals surface area contributed by atoms with Crippen LogP contribution in [-0.2, 0) is 16.1 Å². The molecule has 112 valence electrons. The lowest BCUT2D eigenvalue weighted by Crippen LogP contribution is -2.17. The predicted octanol–water partition coefficient (Wildman–Crippen LogP) is 2.53. The molecule has 0 amide bonds. The van der Waals surface area contributed by atoms with E-state index in [2.05, 4.69) is 0 Å². The summed E-state index contributed by atoms with van der Waals surface area (Å²) >= 11 is 5.94. The highest BCUT2D eigenvalue weighted by molar-refractivity contribution is 6.30. The second-order valence-corrected chi connectivity index (χ2v) is 4.60. The maximum absolute atomic E-state index is 11.5. The molecule has 1 aromatic carbocycles. The average Bonchev–Trinajstić information content (AvgIpc) is 2.45. The van der Waals surface area contributed by atoms with Gasteiger partial charge in [-0.2, -0.15) is 0 Å². The van der Waals surface area contributed by atoms with E-state index >= 15 is 0 Å². The third-order valence-electron chi connectivity index (χ3n) is 2.63. The van der Waals surface area contributed by atoms with Gasteiger partial charge < -0.3 is 19.9 Å². The molecule has 0 unspecified atom stereocenters. The molecule has 0 aliphatic heterocycles. The highest BCUT2D eigenvalue weighted by Gasteiger charge is 2.14. The summed E-state index contributed by atoms with van der Waals surface area (Å²) in [4.78, 5) is 11.5. The second-order valence-electron chi connectivity index (χ2n) is 4.16. The van der Waals surface area contributed by atoms with Gasteiger partial charge in [-0.3, -0.25) is 0 Å². The molecule has 20 heavy (non-hydrogen) atoms. The van der Waals surface area contributed by atoms with Gasteiger partial charge in [0.15, 0.2) is 18.1 Å². The average molecular weight is 302 g/mol. The van der Waals surface area contributed by atoms with E-state index < -0.39 is 5.97 Å². The number of hydrogen-bond acceptors (Lipinski definition) is 5. The molecule has 0 radical (unpaired) electrons. The molecule has 1 rings (SSSR count). The summed E-state index contributed by atoms with van der Waals surface area (Å²) in [7, 11) is 1.50. The van der Waals surface area contributed by atoms with Gasteiger partial charge >= 0.3 is 5.97 Å². The van der Waals surface area contributed by atoms with Crippen LogP contribution in [0.15, 0.2) is 12.1 Å². The summed E-state index contributed by atoms with van der Waals surface area (Å²) < 4.78 is 15.7. The molecule has 6 heteroatoms. The summed E-state index contributed by atoms with van der Waals surface area (Å²) in [5.74, 6) is 0.449. The SMILES string of the molecule is CCCCOC(=O)COc1c(CN)cc(Cl)cc1OC. The summed E-state index contributed by atoms with van der Waals surface area (Å²) in [6.45, 7) is 2.47. The zero-order valence-electron chi connectivity index (χ0n) is 11.8. The molecule has 1 aromatic rings. The molecule has 2 N–H and O–H groups in total. The van der Waals surface area contributed by atoms with Gasteiger partial charge in [-0.15, -0.1) is 0 Å². The van der Waals surface area contributed by atoms with E-state index in [0.29, 0.717) is 28.7 Å². The van der Waals surface area contributed by atoms with E-state index in [-0.39, 0.29) is 13.2 Å². The van der Waals surface area contributed by atoms with Crippen LogP contribution in [0.5, 0.6) is 11.5 Å². The fourth-order valence-electron chi connectivity index (χ4n) is 1.59. The summed E-state index contributed by atoms with van der Waals surface area (Å²) in [6, 6.07) is 3.29. The molecular formula is C14H20ClNO4. The van der Waals surface area contributed by atoms with Gasteiger partial charge in [0.25, 0.3) is 0 Å². The van der Waals surface area contributed by atoms with Crippen LogP contribution in [0.4, 0.5) is 0 Å². The van der Waals surface area contributed by atoms with Gasteiger partial charge in [-0.05, 0) is 12.5 Å². The van der Waals surface area contributed by atoms with E-state index in [1.807, 2.05) is 6.92 Å². The highest BCUT2D eigenvalue weighted by Crippen LogP contribution is 2.34. The highest BCUT2D eigenvalue weighted by atomic mass is 35.5. The Balaban J connectivity index is 2.69. The van der Waals surface area contributed by atoms with Crippen molar-refractivity contribution in [3.63, 3.8) is 0 Å². The van der Waals surface area contributed by atoms with Crippen molar-refractivity contribution in [1.82, 2.24) is 0 Å². The number of rotatable bonds is 8. The molecule has 0 aliphatic carbocycles. The minimum Gasteiger partial charge on any atom is -0.493 e. The van der Waals surface area contributed by atoms with Crippen molar-refractivity contribution in [2.45, 2.75) is 26.3 Å². The molecule has 0 spiro atoms. The van der Waals surface area contributed by atoms with Gasteiger partial charge in [0, 0.05) is 23.2 Å². The van der Waals surface area contributed by atoms with Gasteiger partial charge in [-0.25, -0.2) is 4.79 Å². The third kappa shape index (κ3) is 4.90. The number of esters is 1. The first kappa shape index (κ1) is 16.6. The van der Waals surface area contributed by atoms with Crippen LogP contribution in [0.25, 0.3) is 0 Å². The van der Waals surface area contributed by atoms with Crippen molar-refractivity contribution in [2.24, 2.45) is 5.73 Å². The number of halogens is 1. The molecule has 5 nitrogen and oxygen atoms in total. The van der Waals surface area contributed by atoms with E-state index in [0.717, 1.165) is 12.8 Å². The van der Waals surface area contributed by atoms with E-state index in [1.165, 1.54) is 7.11 Å². The van der Waals surface area contributed by atoms with Crippen LogP contribution >= 0.6 is 11.6 Å². The number of methoxy groups -OCH3 is 1. The first-order valence-corrected chi connectivity index (χ1v) is 6.85. The van der Waals surface area contributed by atoms with E-state index in [1.54, 1.807) is 12.1 Å². The smallest absolute Gasteiger partial charge is 0.344 e. The third-order valence-corrected chi connectivity index (χ3v) is 2.85. The van der Waals surface area contributed by atoms with Gasteiger partial charge in [0.1, 0.15) is 0 Å². The Bertz CT molecular complexity index is 426. The van der Waals surface area contributed by atoms with Gasteiger partial charge in [-0.1, -0.05) is 24.9 Å². The molecule has 0 saturated heterocycles. The topological polar surface area (TPSA) is 70.8 Å². The predicted molar refractivity (Wildman–Crippen MR) is 77.3 cm³/mol. The van der Waals surface area contributed by atoms with Crippen molar-refractivity contribution >= 4 is 17.6 Å². The van der Waals surface area contributed by atoms with Gasteiger partial charge in [0.05, 0.1) is 13.7 Å². The fourth-order valence-corrected chi connectivity index (χ4v) is 1.82. The summed E-state index contributed by atoms with van der Waals surface area (Å²) in [5.41, 5.74) is 6.31. The summed E-state index contributed by atoms with van der Waals surface area (Å²) in [6.07, 6.45) is 1.81. The van der Waals surface area contributed by atoms with E-state index in [9.17, 15) is 4.79 Å². The maximum atomic E-state index is 11.5. The molecule has 0 heterocycles. The molecule has 0 saturated carbocycles. The van der Waals surface area contributed by atoms with Crippen LogP contribution < -0.4 is 15.2 Å². The number of carbonyl (C=O) groups excluding carboxylic acids is 1. The molecule has 0 aromatic heterocycles. The first-order chi connectivity index (χ1) is 9.62. The summed E-state index contributed by atoms with van der Waals surface area (Å²) in [5, 5.41) is 0.500. The van der Waals surface area contributed by atoms with Crippen molar-refractivity contribution in [1.29, 1.82) is 0 Å². The van der Waals surface area contributed by atoms with Crippen molar-refractivity contribution < 1.29 is 19.0 Å². The zero-order valence-corrected chi connectivity index (χ0v) is 12.5. The number of carbonyl (C=O) groups is 1. The lowest BCUT2D eigenvalue weighted by molar-refractivity contribution is -0.146. The molecular weight excluding hydrogens is 282 g/mol. The van der Waals surface area contributed by atoms with Crippen LogP contribution in [0.1, 0.15) is 25.3 Å². The lowest BCUT2D eigenvalue weighted by atomic mass is 10.2. The number of hydrogen-bond donors (Lipinski definition) is 1. The number of unbranched alkanes of at least 4 members (excludes halogenated alkanes) is 1. The Labute approximate surface area is 123 Å². The Morgan fingerprint density at radius 3 is 2.75 bits per heavy atom. The molecule has 0 aliphatic rings. The van der Waals surface area contributed by atoms with Crippen LogP contribution in [0.2, 0.25) is 5.02 Å². The number of ether oxygens (including phenoxy) is 3. The quantitative estimate of drug-likeness (QED) is 0.590. The zero-order chi connectivity index (χ0) is 15.0. The Morgan fingerprint density at radius 2 is 2.15 bits per heavy atom. The van der Waals surface area contributed by atoms with Crippen molar-refractivity contribution in [3.05, 3.63) is 22.7 Å². The minimum absolute atomic E-state index is 0.186. The minimum atomic E-state index is -0.418. The Kier molecular flexibility index (Phi) is 7.18. The van der Waals surface area contributed by atoms with Crippen LogP contribution in [0.3, 0.4) is 0 Å². The standard InChI is InChI=1S/C14H20ClNO4/c1-3-4-5-19-13(17)9-20-14-10(8-16)6-11(15)7-12(14)18-2/h6-7H,3-5,8-9,16H2,1-2H3. The molecule has 0 atom stereocenters. The lowest BCUT2D eigenvalue weighted by Gasteiger charge is -2.14. The monoisotopic (exact) mass is 301 g/mol. The normalized spacial score (nSPS) is 10.2. The Hall–Kier alpha value is -1.46. The molecule has 0 bridgehead atoms. The Morgan fingerprint density at radius 1 is 1.40 bits per heavy atom. The largest absolute Gasteiger partial charge is 0.493 e. The second kappa shape index (κ2) is 8.66. The maximum Gasteiger partial charge on any atom is 0.344 e. The van der Waals surface area contributed by atoms with Gasteiger partial charge in [0.2, 0.25) is 0 Å². The van der Waals surface area contributed by atoms with E-state index in [4.69, 9.17) is 31.5 Å². The van der Waals surface area contributed by atoms with Crippen LogP contribution in [0, 0.1) is 0 Å². The number of benzene rings is 1.